The molecule has 106 valence electrons. The Morgan fingerprint density at radius 1 is 1.43 bits per heavy atom. The third-order valence-electron chi connectivity index (χ3n) is 3.22. The van der Waals surface area contributed by atoms with E-state index in [2.05, 4.69) is 20.9 Å². The van der Waals surface area contributed by atoms with Gasteiger partial charge in [-0.05, 0) is 34.5 Å². The number of rotatable bonds is 3. The van der Waals surface area contributed by atoms with Gasteiger partial charge in [-0.2, -0.15) is 0 Å². The van der Waals surface area contributed by atoms with E-state index in [9.17, 15) is 14.9 Å². The number of hydrogen-bond donors (Lipinski definition) is 1. The van der Waals surface area contributed by atoms with Gasteiger partial charge in [-0.15, -0.1) is 11.3 Å². The van der Waals surface area contributed by atoms with Gasteiger partial charge in [0, 0.05) is 23.2 Å². The number of hydrogen-bond acceptors (Lipinski definition) is 4. The Bertz CT molecular complexity index is 862. The fraction of sp³-hybridized carbons (Fsp3) is 0.0714. The van der Waals surface area contributed by atoms with Crippen molar-refractivity contribution in [2.75, 3.05) is 0 Å². The van der Waals surface area contributed by atoms with Crippen LogP contribution in [0.5, 0.6) is 0 Å². The maximum absolute atomic E-state index is 12.6. The lowest BCUT2D eigenvalue weighted by Gasteiger charge is -1.97. The first-order valence-electron chi connectivity index (χ1n) is 6.04. The van der Waals surface area contributed by atoms with Crippen LogP contribution in [0.2, 0.25) is 0 Å². The number of para-hydroxylation sites is 1. The zero-order valence-electron chi connectivity index (χ0n) is 10.8. The van der Waals surface area contributed by atoms with Crippen LogP contribution in [0.25, 0.3) is 10.9 Å². The second kappa shape index (κ2) is 5.09. The second-order valence-corrected chi connectivity index (χ2v) is 6.93. The first kappa shape index (κ1) is 14.0. The Hall–Kier alpha value is -1.99. The molecule has 2 aromatic heterocycles. The Labute approximate surface area is 131 Å². The van der Waals surface area contributed by atoms with E-state index in [1.165, 1.54) is 23.6 Å². The minimum Gasteiger partial charge on any atom is -0.355 e. The number of aromatic amines is 1. The predicted octanol–water partition coefficient (Wildman–Crippen LogP) is 4.44. The number of thiophene rings is 1. The number of nitrogens with zero attached hydrogens (tertiary/aromatic N) is 1. The highest BCUT2D eigenvalue weighted by atomic mass is 79.9. The molecule has 21 heavy (non-hydrogen) atoms. The van der Waals surface area contributed by atoms with Crippen molar-refractivity contribution in [2.45, 2.75) is 6.92 Å². The number of non-ortho nitro benzene ring substituents is 1. The number of nitro groups is 1. The van der Waals surface area contributed by atoms with Crippen LogP contribution in [0.15, 0.2) is 34.2 Å². The van der Waals surface area contributed by atoms with Crippen LogP contribution in [0.1, 0.15) is 20.8 Å². The summed E-state index contributed by atoms with van der Waals surface area (Å²) in [5.41, 5.74) is 1.78. The minimum atomic E-state index is -0.459. The molecule has 0 radical (unpaired) electrons. The highest BCUT2D eigenvalue weighted by Gasteiger charge is 2.21. The fourth-order valence-electron chi connectivity index (χ4n) is 2.18. The number of fused-ring (bicyclic) bond motifs is 1. The van der Waals surface area contributed by atoms with Crippen LogP contribution < -0.4 is 0 Å². The molecule has 0 amide bonds. The molecule has 0 atom stereocenters. The van der Waals surface area contributed by atoms with Crippen molar-refractivity contribution in [3.8, 4) is 0 Å². The normalized spacial score (nSPS) is 11.0. The largest absolute Gasteiger partial charge is 0.355 e. The molecule has 2 heterocycles. The topological polar surface area (TPSA) is 76.0 Å². The summed E-state index contributed by atoms with van der Waals surface area (Å²) < 4.78 is 0.914. The molecule has 1 aromatic carbocycles. The summed E-state index contributed by atoms with van der Waals surface area (Å²) in [4.78, 5) is 26.6. The summed E-state index contributed by atoms with van der Waals surface area (Å²) in [6.07, 6.45) is 1.53. The van der Waals surface area contributed by atoms with Crippen molar-refractivity contribution < 1.29 is 9.72 Å². The van der Waals surface area contributed by atoms with E-state index in [1.54, 1.807) is 12.1 Å². The van der Waals surface area contributed by atoms with Crippen LogP contribution in [-0.4, -0.2) is 15.7 Å². The molecule has 0 aliphatic heterocycles. The number of benzene rings is 1. The van der Waals surface area contributed by atoms with Gasteiger partial charge in [0.1, 0.15) is 5.52 Å². The van der Waals surface area contributed by atoms with Crippen molar-refractivity contribution in [1.82, 2.24) is 4.98 Å². The number of aromatic nitrogens is 1. The van der Waals surface area contributed by atoms with E-state index >= 15 is 0 Å². The molecule has 0 aliphatic carbocycles. The number of aryl methyl sites for hydroxylation is 1. The van der Waals surface area contributed by atoms with Gasteiger partial charge >= 0.3 is 0 Å². The van der Waals surface area contributed by atoms with Crippen LogP contribution in [0.4, 0.5) is 5.69 Å². The van der Waals surface area contributed by atoms with Gasteiger partial charge in [0.25, 0.3) is 5.69 Å². The number of nitro benzene ring substituents is 1. The lowest BCUT2D eigenvalue weighted by Crippen LogP contribution is -1.97. The summed E-state index contributed by atoms with van der Waals surface area (Å²) in [5, 5.41) is 11.6. The maximum Gasteiger partial charge on any atom is 0.293 e. The average Bonchev–Trinajstić information content (AvgIpc) is 3.02. The molecule has 0 fully saturated rings. The first-order chi connectivity index (χ1) is 9.99. The monoisotopic (exact) mass is 364 g/mol. The highest BCUT2D eigenvalue weighted by Crippen LogP contribution is 2.32. The highest BCUT2D eigenvalue weighted by molar-refractivity contribution is 9.11. The summed E-state index contributed by atoms with van der Waals surface area (Å²) in [5.74, 6) is -0.138. The number of halogens is 1. The zero-order chi connectivity index (χ0) is 15.1. The van der Waals surface area contributed by atoms with Crippen molar-refractivity contribution in [3.63, 3.8) is 0 Å². The van der Waals surface area contributed by atoms with Gasteiger partial charge in [-0.25, -0.2) is 0 Å². The summed E-state index contributed by atoms with van der Waals surface area (Å²) in [6, 6.07) is 6.52. The molecule has 5 nitrogen and oxygen atoms in total. The quantitative estimate of drug-likeness (QED) is 0.424. The lowest BCUT2D eigenvalue weighted by molar-refractivity contribution is -0.383. The number of nitrogens with one attached hydrogen (secondary N) is 1. The van der Waals surface area contributed by atoms with Crippen molar-refractivity contribution in [1.29, 1.82) is 0 Å². The summed E-state index contributed by atoms with van der Waals surface area (Å²) in [6.45, 7) is 1.91. The van der Waals surface area contributed by atoms with E-state index in [0.29, 0.717) is 21.3 Å². The zero-order valence-corrected chi connectivity index (χ0v) is 13.2. The van der Waals surface area contributed by atoms with Gasteiger partial charge < -0.3 is 4.98 Å². The standard InChI is InChI=1S/C14H9BrN2O3S/c1-7-5-11(21-14(7)15)13(18)9-6-16-12-8(9)3-2-4-10(12)17(19)20/h2-6,16H,1H3. The molecule has 3 aromatic rings. The Morgan fingerprint density at radius 2 is 2.19 bits per heavy atom. The van der Waals surface area contributed by atoms with Gasteiger partial charge in [0.05, 0.1) is 13.6 Å². The number of carbonyl (C=O) groups is 1. The number of ketones is 1. The van der Waals surface area contributed by atoms with Gasteiger partial charge in [0.15, 0.2) is 0 Å². The van der Waals surface area contributed by atoms with E-state index in [4.69, 9.17) is 0 Å². The van der Waals surface area contributed by atoms with Crippen LogP contribution in [0.3, 0.4) is 0 Å². The molecule has 0 spiro atoms. The van der Waals surface area contributed by atoms with E-state index in [-0.39, 0.29) is 11.5 Å². The van der Waals surface area contributed by atoms with Crippen LogP contribution in [-0.2, 0) is 0 Å². The Morgan fingerprint density at radius 3 is 2.81 bits per heavy atom. The van der Waals surface area contributed by atoms with Gasteiger partial charge in [-0.3, -0.25) is 14.9 Å². The molecule has 0 aliphatic rings. The molecule has 0 bridgehead atoms. The molecular weight excluding hydrogens is 356 g/mol. The average molecular weight is 365 g/mol. The molecule has 0 saturated heterocycles. The van der Waals surface area contributed by atoms with Crippen LogP contribution >= 0.6 is 27.3 Å². The summed E-state index contributed by atoms with van der Waals surface area (Å²) >= 11 is 4.76. The summed E-state index contributed by atoms with van der Waals surface area (Å²) in [7, 11) is 0. The molecule has 1 N–H and O–H groups in total. The van der Waals surface area contributed by atoms with Crippen LogP contribution in [0, 0.1) is 17.0 Å². The number of carbonyl (C=O) groups excluding carboxylic acids is 1. The van der Waals surface area contributed by atoms with Crippen molar-refractivity contribution in [2.24, 2.45) is 0 Å². The SMILES string of the molecule is Cc1cc(C(=O)c2c[nH]c3c([N+](=O)[O-])cccc23)sc1Br. The maximum atomic E-state index is 12.6. The molecular formula is C14H9BrN2O3S. The Balaban J connectivity index is 2.15. The molecule has 3 rings (SSSR count). The third-order valence-corrected chi connectivity index (χ3v) is 5.35. The molecule has 0 saturated carbocycles. The lowest BCUT2D eigenvalue weighted by atomic mass is 10.1. The molecule has 7 heteroatoms. The van der Waals surface area contributed by atoms with Crippen molar-refractivity contribution in [3.05, 3.63) is 60.4 Å². The molecule has 0 unspecified atom stereocenters. The van der Waals surface area contributed by atoms with E-state index < -0.39 is 4.92 Å². The van der Waals surface area contributed by atoms with Gasteiger partial charge in [0.2, 0.25) is 5.78 Å². The fourth-order valence-corrected chi connectivity index (χ4v) is 3.67. The smallest absolute Gasteiger partial charge is 0.293 e. The number of H-pyrrole nitrogens is 1. The third kappa shape index (κ3) is 2.28. The van der Waals surface area contributed by atoms with Crippen molar-refractivity contribution >= 4 is 49.6 Å². The Kier molecular flexibility index (Phi) is 3.38. The minimum absolute atomic E-state index is 0.0323. The predicted molar refractivity (Wildman–Crippen MR) is 85.1 cm³/mol. The first-order valence-corrected chi connectivity index (χ1v) is 7.65. The van der Waals surface area contributed by atoms with Gasteiger partial charge in [-0.1, -0.05) is 12.1 Å². The van der Waals surface area contributed by atoms with E-state index in [0.717, 1.165) is 9.35 Å². The van der Waals surface area contributed by atoms with E-state index in [1.807, 2.05) is 13.0 Å². The second-order valence-electron chi connectivity index (χ2n) is 4.56.